The molecule has 0 bridgehead atoms. The Morgan fingerprint density at radius 2 is 1.89 bits per heavy atom. The zero-order valence-corrected chi connectivity index (χ0v) is 20.6. The van der Waals surface area contributed by atoms with Crippen molar-refractivity contribution in [1.29, 1.82) is 0 Å². The summed E-state index contributed by atoms with van der Waals surface area (Å²) < 4.78 is 16.7. The van der Waals surface area contributed by atoms with E-state index in [2.05, 4.69) is 15.1 Å². The van der Waals surface area contributed by atoms with Gasteiger partial charge >= 0.3 is 6.09 Å². The van der Waals surface area contributed by atoms with Crippen molar-refractivity contribution >= 4 is 17.7 Å². The second kappa shape index (κ2) is 10.6. The molecular weight excluding hydrogens is 452 g/mol. The van der Waals surface area contributed by atoms with Crippen LogP contribution in [0.25, 0.3) is 0 Å². The maximum absolute atomic E-state index is 13.2. The number of hydrazine groups is 1. The highest BCUT2D eigenvalue weighted by Crippen LogP contribution is 2.25. The minimum absolute atomic E-state index is 0.196. The molecule has 2 aliphatic heterocycles. The number of hydrogen-bond acceptors (Lipinski definition) is 8. The monoisotopic (exact) mass is 486 g/mol. The number of anilines is 1. The Morgan fingerprint density at radius 3 is 2.57 bits per heavy atom. The van der Waals surface area contributed by atoms with Crippen LogP contribution >= 0.6 is 0 Å². The number of carbonyl (C=O) groups is 2. The van der Waals surface area contributed by atoms with Gasteiger partial charge in [-0.3, -0.25) is 14.8 Å². The van der Waals surface area contributed by atoms with E-state index in [0.717, 1.165) is 43.6 Å². The number of carbonyl (C=O) groups excluding carboxylic acids is 2. The van der Waals surface area contributed by atoms with Crippen LogP contribution in [0.3, 0.4) is 0 Å². The molecule has 0 atom stereocenters. The average Bonchev–Trinajstić information content (AvgIpc) is 3.26. The summed E-state index contributed by atoms with van der Waals surface area (Å²) in [7, 11) is 0. The summed E-state index contributed by atoms with van der Waals surface area (Å²) in [6, 6.07) is 7.03. The van der Waals surface area contributed by atoms with Gasteiger partial charge in [0, 0.05) is 43.9 Å². The first kappa shape index (κ1) is 25.0. The van der Waals surface area contributed by atoms with E-state index in [1.54, 1.807) is 29.2 Å². The zero-order chi connectivity index (χ0) is 25.0. The molecule has 11 nitrogen and oxygen atoms in total. The second-order valence-corrected chi connectivity index (χ2v) is 9.65. The molecule has 1 aromatic heterocycles. The van der Waals surface area contributed by atoms with Gasteiger partial charge in [0.2, 0.25) is 0 Å². The third-order valence-electron chi connectivity index (χ3n) is 5.90. The van der Waals surface area contributed by atoms with Gasteiger partial charge in [-0.15, -0.1) is 0 Å². The molecule has 1 fully saturated rings. The molecule has 2 amide bonds. The van der Waals surface area contributed by atoms with Crippen LogP contribution in [-0.4, -0.2) is 83.6 Å². The molecule has 0 aliphatic carbocycles. The maximum Gasteiger partial charge on any atom is 0.410 e. The minimum Gasteiger partial charge on any atom is -0.492 e. The topological polar surface area (TPSA) is 126 Å². The van der Waals surface area contributed by atoms with E-state index in [1.165, 1.54) is 0 Å². The van der Waals surface area contributed by atoms with Crippen LogP contribution < -0.4 is 15.6 Å². The van der Waals surface area contributed by atoms with Crippen LogP contribution in [0.1, 0.15) is 42.5 Å². The van der Waals surface area contributed by atoms with Gasteiger partial charge < -0.3 is 19.1 Å². The van der Waals surface area contributed by atoms with Gasteiger partial charge in [-0.25, -0.2) is 15.6 Å². The third-order valence-corrected chi connectivity index (χ3v) is 5.90. The van der Waals surface area contributed by atoms with Crippen molar-refractivity contribution in [2.45, 2.75) is 39.3 Å². The number of aromatic nitrogens is 2. The highest BCUT2D eigenvalue weighted by Gasteiger charge is 2.31. The molecule has 3 heterocycles. The first-order chi connectivity index (χ1) is 16.7. The molecule has 1 aromatic carbocycles. The fraction of sp³-hybridized carbons (Fsp3) is 0.542. The van der Waals surface area contributed by atoms with Crippen molar-refractivity contribution < 1.29 is 23.8 Å². The SMILES string of the molecule is CC(C)(C)OC(=O)N1CCc2[nH]nc(C(=O)N(N)c3ccc(OCCN4CCOCC4)cc3)c2C1. The van der Waals surface area contributed by atoms with Crippen LogP contribution in [0.5, 0.6) is 5.75 Å². The molecule has 190 valence electrons. The molecule has 0 unspecified atom stereocenters. The molecule has 0 saturated carbocycles. The van der Waals surface area contributed by atoms with Crippen molar-refractivity contribution in [2.75, 3.05) is 51.0 Å². The molecule has 11 heteroatoms. The van der Waals surface area contributed by atoms with Crippen molar-refractivity contribution in [3.05, 3.63) is 41.2 Å². The molecule has 35 heavy (non-hydrogen) atoms. The summed E-state index contributed by atoms with van der Waals surface area (Å²) in [5, 5.41) is 8.17. The summed E-state index contributed by atoms with van der Waals surface area (Å²) in [6.07, 6.45) is 0.132. The molecule has 3 N–H and O–H groups in total. The Labute approximate surface area is 205 Å². The normalized spacial score (nSPS) is 16.5. The largest absolute Gasteiger partial charge is 0.492 e. The molecule has 4 rings (SSSR count). The number of rotatable bonds is 6. The smallest absolute Gasteiger partial charge is 0.410 e. The standard InChI is InChI=1S/C24H34N6O5/c1-24(2,3)35-23(32)29-9-8-20-19(16-29)21(27-26-20)22(31)30(25)17-4-6-18(7-5-17)34-15-12-28-10-13-33-14-11-28/h4-7H,8-16,25H2,1-3H3,(H,26,27). The number of fused-ring (bicyclic) bond motifs is 1. The number of nitrogens with one attached hydrogen (secondary N) is 1. The van der Waals surface area contributed by atoms with Crippen LogP contribution in [0, 0.1) is 0 Å². The fourth-order valence-corrected chi connectivity index (χ4v) is 4.01. The zero-order valence-electron chi connectivity index (χ0n) is 20.6. The van der Waals surface area contributed by atoms with Crippen molar-refractivity contribution in [3.8, 4) is 5.75 Å². The molecule has 2 aliphatic rings. The predicted molar refractivity (Wildman–Crippen MR) is 129 cm³/mol. The average molecular weight is 487 g/mol. The van der Waals surface area contributed by atoms with Gasteiger partial charge in [0.05, 0.1) is 25.4 Å². The van der Waals surface area contributed by atoms with E-state index >= 15 is 0 Å². The summed E-state index contributed by atoms with van der Waals surface area (Å²) in [6.45, 7) is 10.9. The third kappa shape index (κ3) is 6.30. The van der Waals surface area contributed by atoms with Gasteiger partial charge in [0.15, 0.2) is 5.69 Å². The Hall–Kier alpha value is -3.15. The number of hydrogen-bond donors (Lipinski definition) is 2. The number of nitrogens with two attached hydrogens (primary N) is 1. The van der Waals surface area contributed by atoms with Gasteiger partial charge in [0.25, 0.3) is 5.91 Å². The van der Waals surface area contributed by atoms with E-state index in [9.17, 15) is 9.59 Å². The predicted octanol–water partition coefficient (Wildman–Crippen LogP) is 1.93. The Kier molecular flexibility index (Phi) is 7.58. The minimum atomic E-state index is -0.598. The van der Waals surface area contributed by atoms with E-state index in [1.807, 2.05) is 20.8 Å². The van der Waals surface area contributed by atoms with Gasteiger partial charge in [-0.2, -0.15) is 5.10 Å². The molecule has 0 spiro atoms. The molecule has 2 aromatic rings. The summed E-state index contributed by atoms with van der Waals surface area (Å²) in [4.78, 5) is 29.5. The van der Waals surface area contributed by atoms with Crippen molar-refractivity contribution in [2.24, 2.45) is 5.84 Å². The Bertz CT molecular complexity index is 1030. The number of H-pyrrole nitrogens is 1. The van der Waals surface area contributed by atoms with Crippen LogP contribution in [0.2, 0.25) is 0 Å². The highest BCUT2D eigenvalue weighted by atomic mass is 16.6. The van der Waals surface area contributed by atoms with E-state index < -0.39 is 17.6 Å². The van der Waals surface area contributed by atoms with Crippen LogP contribution in [-0.2, 0) is 22.4 Å². The van der Waals surface area contributed by atoms with Crippen molar-refractivity contribution in [1.82, 2.24) is 20.0 Å². The lowest BCUT2D eigenvalue weighted by atomic mass is 10.1. The maximum atomic E-state index is 13.2. The number of benzene rings is 1. The van der Waals surface area contributed by atoms with E-state index in [0.29, 0.717) is 36.6 Å². The molecule has 1 saturated heterocycles. The van der Waals surface area contributed by atoms with Crippen molar-refractivity contribution in [3.63, 3.8) is 0 Å². The van der Waals surface area contributed by atoms with Crippen LogP contribution in [0.4, 0.5) is 10.5 Å². The Morgan fingerprint density at radius 1 is 1.17 bits per heavy atom. The summed E-state index contributed by atoms with van der Waals surface area (Å²) in [5.41, 5.74) is 1.59. The van der Waals surface area contributed by atoms with E-state index in [-0.39, 0.29) is 12.2 Å². The number of nitrogens with zero attached hydrogens (tertiary/aromatic N) is 4. The van der Waals surface area contributed by atoms with Gasteiger partial charge in [-0.05, 0) is 45.0 Å². The lowest BCUT2D eigenvalue weighted by molar-refractivity contribution is 0.0222. The lowest BCUT2D eigenvalue weighted by Gasteiger charge is -2.30. The first-order valence-corrected chi connectivity index (χ1v) is 11.9. The summed E-state index contributed by atoms with van der Waals surface area (Å²) in [5.74, 6) is 6.39. The first-order valence-electron chi connectivity index (χ1n) is 11.9. The summed E-state index contributed by atoms with van der Waals surface area (Å²) >= 11 is 0. The number of amides is 2. The lowest BCUT2D eigenvalue weighted by Crippen LogP contribution is -2.41. The van der Waals surface area contributed by atoms with Crippen LogP contribution in [0.15, 0.2) is 24.3 Å². The number of morpholine rings is 1. The van der Waals surface area contributed by atoms with Gasteiger partial charge in [-0.1, -0.05) is 0 Å². The van der Waals surface area contributed by atoms with E-state index in [4.69, 9.17) is 20.1 Å². The second-order valence-electron chi connectivity index (χ2n) is 9.65. The molecular formula is C24H34N6O5. The molecule has 0 radical (unpaired) electrons. The Balaban J connectivity index is 1.36. The highest BCUT2D eigenvalue weighted by molar-refractivity contribution is 6.05. The fourth-order valence-electron chi connectivity index (χ4n) is 4.01. The number of aromatic amines is 1. The quantitative estimate of drug-likeness (QED) is 0.360. The van der Waals surface area contributed by atoms with Gasteiger partial charge in [0.1, 0.15) is 18.0 Å². The number of ether oxygens (including phenoxy) is 3.